The van der Waals surface area contributed by atoms with Gasteiger partial charge in [0.1, 0.15) is 0 Å². The Balaban J connectivity index is 1.95. The summed E-state index contributed by atoms with van der Waals surface area (Å²) in [7, 11) is 0. The number of nitro groups is 1. The maximum atomic E-state index is 13.6. The first kappa shape index (κ1) is 22.7. The molecule has 2 aromatic carbocycles. The van der Waals surface area contributed by atoms with Gasteiger partial charge in [0.2, 0.25) is 5.91 Å². The summed E-state index contributed by atoms with van der Waals surface area (Å²) in [5.74, 6) is -0.0703. The molecule has 1 heterocycles. The quantitative estimate of drug-likeness (QED) is 0.453. The molecule has 7 heteroatoms. The standard InChI is InChI=1S/C26H29N3O4/c1-4-5-10-23(31)28-21-9-7-6-8-19(21)27-20-15-26(2,3)16-22(30)24(20)25(28)17-11-13-18(14-12-17)29(32)33/h6-9,11-14,25,27H,4-5,10,15-16H2,1-3H3. The van der Waals surface area contributed by atoms with Crippen LogP contribution in [-0.2, 0) is 9.59 Å². The molecule has 0 saturated heterocycles. The Kier molecular flexibility index (Phi) is 6.06. The number of allylic oxidation sites excluding steroid dienone is 1. The first-order valence-corrected chi connectivity index (χ1v) is 11.4. The predicted molar refractivity (Wildman–Crippen MR) is 128 cm³/mol. The smallest absolute Gasteiger partial charge is 0.269 e. The van der Waals surface area contributed by atoms with E-state index < -0.39 is 11.0 Å². The number of non-ortho nitro benzene ring substituents is 1. The fourth-order valence-corrected chi connectivity index (χ4v) is 4.80. The molecular weight excluding hydrogens is 418 g/mol. The molecule has 2 aliphatic rings. The number of carbonyl (C=O) groups excluding carboxylic acids is 2. The summed E-state index contributed by atoms with van der Waals surface area (Å²) in [5.41, 5.74) is 3.33. The number of nitrogens with one attached hydrogen (secondary N) is 1. The van der Waals surface area contributed by atoms with Gasteiger partial charge in [-0.1, -0.05) is 39.3 Å². The second-order valence-electron chi connectivity index (χ2n) is 9.59. The van der Waals surface area contributed by atoms with Crippen molar-refractivity contribution < 1.29 is 14.5 Å². The van der Waals surface area contributed by atoms with E-state index in [1.807, 2.05) is 31.2 Å². The second-order valence-corrected chi connectivity index (χ2v) is 9.59. The van der Waals surface area contributed by atoms with E-state index in [1.54, 1.807) is 17.0 Å². The summed E-state index contributed by atoms with van der Waals surface area (Å²) in [5, 5.41) is 14.7. The lowest BCUT2D eigenvalue weighted by atomic mass is 9.73. The SMILES string of the molecule is CCCCC(=O)N1c2ccccc2NC2=C(C(=O)CC(C)(C)C2)C1c1ccc([N+](=O)[O-])cc1. The normalized spacial score (nSPS) is 19.3. The average Bonchev–Trinajstić information content (AvgIpc) is 2.91. The minimum Gasteiger partial charge on any atom is -0.357 e. The van der Waals surface area contributed by atoms with Gasteiger partial charge in [-0.25, -0.2) is 0 Å². The summed E-state index contributed by atoms with van der Waals surface area (Å²) < 4.78 is 0. The van der Waals surface area contributed by atoms with E-state index in [9.17, 15) is 19.7 Å². The largest absolute Gasteiger partial charge is 0.357 e. The van der Waals surface area contributed by atoms with Crippen LogP contribution < -0.4 is 10.2 Å². The van der Waals surface area contributed by atoms with Crippen molar-refractivity contribution in [2.45, 2.75) is 58.9 Å². The topological polar surface area (TPSA) is 92.6 Å². The first-order chi connectivity index (χ1) is 15.7. The molecule has 1 unspecified atom stereocenters. The van der Waals surface area contributed by atoms with Crippen LogP contribution >= 0.6 is 0 Å². The zero-order valence-corrected chi connectivity index (χ0v) is 19.3. The minimum atomic E-state index is -0.648. The minimum absolute atomic E-state index is 0.00167. The number of anilines is 2. The predicted octanol–water partition coefficient (Wildman–Crippen LogP) is 5.93. The molecule has 0 spiro atoms. The van der Waals surface area contributed by atoms with Crippen molar-refractivity contribution in [3.8, 4) is 0 Å². The van der Waals surface area contributed by atoms with Crippen LogP contribution in [0.3, 0.4) is 0 Å². The molecule has 0 radical (unpaired) electrons. The van der Waals surface area contributed by atoms with E-state index in [4.69, 9.17) is 0 Å². The van der Waals surface area contributed by atoms with Crippen LogP contribution in [0, 0.1) is 15.5 Å². The molecule has 0 fully saturated rings. The second kappa shape index (κ2) is 8.81. The van der Waals surface area contributed by atoms with Crippen molar-refractivity contribution in [1.82, 2.24) is 0 Å². The van der Waals surface area contributed by atoms with Crippen LogP contribution in [0.4, 0.5) is 17.1 Å². The van der Waals surface area contributed by atoms with E-state index in [2.05, 4.69) is 19.2 Å². The number of para-hydroxylation sites is 2. The molecule has 1 aliphatic heterocycles. The van der Waals surface area contributed by atoms with Crippen LogP contribution in [0.2, 0.25) is 0 Å². The van der Waals surface area contributed by atoms with Crippen molar-refractivity contribution in [3.05, 3.63) is 75.5 Å². The summed E-state index contributed by atoms with van der Waals surface area (Å²) >= 11 is 0. The van der Waals surface area contributed by atoms with Gasteiger partial charge in [-0.05, 0) is 48.1 Å². The molecule has 0 bridgehead atoms. The monoisotopic (exact) mass is 447 g/mol. The Morgan fingerprint density at radius 3 is 2.52 bits per heavy atom. The number of ketones is 1. The summed E-state index contributed by atoms with van der Waals surface area (Å²) in [4.78, 5) is 39.6. The molecule has 1 amide bonds. The van der Waals surface area contributed by atoms with Gasteiger partial charge in [-0.15, -0.1) is 0 Å². The van der Waals surface area contributed by atoms with Gasteiger partial charge in [-0.2, -0.15) is 0 Å². The van der Waals surface area contributed by atoms with E-state index in [0.29, 0.717) is 36.1 Å². The fourth-order valence-electron chi connectivity index (χ4n) is 4.80. The summed E-state index contributed by atoms with van der Waals surface area (Å²) in [6.45, 7) is 6.17. The molecule has 172 valence electrons. The van der Waals surface area contributed by atoms with Crippen LogP contribution in [0.1, 0.15) is 64.5 Å². The molecule has 33 heavy (non-hydrogen) atoms. The number of benzene rings is 2. The van der Waals surface area contributed by atoms with Crippen LogP contribution in [-0.4, -0.2) is 16.6 Å². The molecule has 0 saturated carbocycles. The molecule has 0 aromatic heterocycles. The van der Waals surface area contributed by atoms with Gasteiger partial charge in [0.05, 0.1) is 22.3 Å². The zero-order valence-electron chi connectivity index (χ0n) is 19.3. The molecule has 2 aromatic rings. The van der Waals surface area contributed by atoms with Gasteiger partial charge in [-0.3, -0.25) is 24.6 Å². The van der Waals surface area contributed by atoms with Crippen molar-refractivity contribution in [2.24, 2.45) is 5.41 Å². The third-order valence-corrected chi connectivity index (χ3v) is 6.33. The number of carbonyl (C=O) groups is 2. The van der Waals surface area contributed by atoms with Gasteiger partial charge < -0.3 is 5.32 Å². The lowest BCUT2D eigenvalue weighted by Crippen LogP contribution is -2.39. The number of unbranched alkanes of at least 4 members (excludes halogenated alkanes) is 1. The van der Waals surface area contributed by atoms with Crippen molar-refractivity contribution in [3.63, 3.8) is 0 Å². The number of hydrogen-bond acceptors (Lipinski definition) is 5. The third kappa shape index (κ3) is 4.40. The highest BCUT2D eigenvalue weighted by Gasteiger charge is 2.43. The Morgan fingerprint density at radius 1 is 1.15 bits per heavy atom. The first-order valence-electron chi connectivity index (χ1n) is 11.4. The van der Waals surface area contributed by atoms with Crippen LogP contribution in [0.25, 0.3) is 0 Å². The number of fused-ring (bicyclic) bond motifs is 1. The van der Waals surface area contributed by atoms with Gasteiger partial charge >= 0.3 is 0 Å². The van der Waals surface area contributed by atoms with E-state index in [-0.39, 0.29) is 22.8 Å². The number of nitrogens with zero attached hydrogens (tertiary/aromatic N) is 2. The van der Waals surface area contributed by atoms with Crippen molar-refractivity contribution in [2.75, 3.05) is 10.2 Å². The Morgan fingerprint density at radius 2 is 1.85 bits per heavy atom. The number of Topliss-reactive ketones (excluding diaryl/α,β-unsaturated/α-hetero) is 1. The van der Waals surface area contributed by atoms with Crippen molar-refractivity contribution in [1.29, 1.82) is 0 Å². The number of amides is 1. The van der Waals surface area contributed by atoms with E-state index in [0.717, 1.165) is 24.2 Å². The van der Waals surface area contributed by atoms with E-state index >= 15 is 0 Å². The van der Waals surface area contributed by atoms with E-state index in [1.165, 1.54) is 12.1 Å². The number of rotatable bonds is 5. The van der Waals surface area contributed by atoms with Gasteiger partial charge in [0.15, 0.2) is 5.78 Å². The Labute approximate surface area is 193 Å². The Hall–Kier alpha value is -3.48. The molecule has 1 aliphatic carbocycles. The van der Waals surface area contributed by atoms with Gasteiger partial charge in [0.25, 0.3) is 5.69 Å². The maximum absolute atomic E-state index is 13.6. The summed E-state index contributed by atoms with van der Waals surface area (Å²) in [6, 6.07) is 13.1. The van der Waals surface area contributed by atoms with Crippen LogP contribution in [0.15, 0.2) is 59.8 Å². The van der Waals surface area contributed by atoms with Crippen molar-refractivity contribution >= 4 is 28.8 Å². The molecule has 1 atom stereocenters. The molecule has 1 N–H and O–H groups in total. The maximum Gasteiger partial charge on any atom is 0.269 e. The van der Waals surface area contributed by atoms with Gasteiger partial charge in [0, 0.05) is 36.2 Å². The highest BCUT2D eigenvalue weighted by molar-refractivity contribution is 6.06. The highest BCUT2D eigenvalue weighted by Crippen LogP contribution is 2.48. The molecule has 4 rings (SSSR count). The highest BCUT2D eigenvalue weighted by atomic mass is 16.6. The fraction of sp³-hybridized carbons (Fsp3) is 0.385. The van der Waals surface area contributed by atoms with Crippen LogP contribution in [0.5, 0.6) is 0 Å². The lowest BCUT2D eigenvalue weighted by Gasteiger charge is -2.37. The third-order valence-electron chi connectivity index (χ3n) is 6.33. The lowest BCUT2D eigenvalue weighted by molar-refractivity contribution is -0.384. The summed E-state index contributed by atoms with van der Waals surface area (Å²) in [6.07, 6.45) is 3.03. The number of hydrogen-bond donors (Lipinski definition) is 1. The molecule has 7 nitrogen and oxygen atoms in total. The average molecular weight is 448 g/mol. The zero-order chi connectivity index (χ0) is 23.8. The number of nitro benzene ring substituents is 1. The Bertz CT molecular complexity index is 1130. The molecular formula is C26H29N3O4.